The lowest BCUT2D eigenvalue weighted by Crippen LogP contribution is -2.61. The minimum atomic E-state index is -0.435. The molecule has 1 aliphatic heterocycles. The Balaban J connectivity index is 1.65. The van der Waals surface area contributed by atoms with Crippen LogP contribution in [0, 0.1) is 17.8 Å². The minimum Gasteiger partial charge on any atom is -0.391 e. The minimum absolute atomic E-state index is 0.201. The Labute approximate surface area is 120 Å². The van der Waals surface area contributed by atoms with Crippen LogP contribution in [0.15, 0.2) is 0 Å². The van der Waals surface area contributed by atoms with E-state index < -0.39 is 5.54 Å². The van der Waals surface area contributed by atoms with Gasteiger partial charge < -0.3 is 16.0 Å². The topological polar surface area (TPSA) is 58.4 Å². The van der Waals surface area contributed by atoms with E-state index in [2.05, 4.69) is 17.3 Å². The zero-order chi connectivity index (χ0) is 13.6. The fourth-order valence-corrected chi connectivity index (χ4v) is 4.22. The molecule has 1 amide bonds. The summed E-state index contributed by atoms with van der Waals surface area (Å²) in [6.45, 7) is 1.88. The van der Waals surface area contributed by atoms with Crippen molar-refractivity contribution in [3.8, 4) is 0 Å². The fourth-order valence-electron chi connectivity index (χ4n) is 3.96. The second-order valence-corrected chi connectivity index (χ2v) is 6.96. The van der Waals surface area contributed by atoms with E-state index in [0.29, 0.717) is 16.8 Å². The van der Waals surface area contributed by atoms with E-state index in [4.69, 9.17) is 18.0 Å². The van der Waals surface area contributed by atoms with E-state index >= 15 is 0 Å². The Kier molecular flexibility index (Phi) is 3.29. The predicted octanol–water partition coefficient (Wildman–Crippen LogP) is 0.899. The average molecular weight is 281 g/mol. The summed E-state index contributed by atoms with van der Waals surface area (Å²) >= 11 is 5.24. The molecular formula is C14H23N3OS. The Bertz CT molecular complexity index is 393. The number of likely N-dealkylation sites (tertiary alicyclic amines) is 1. The van der Waals surface area contributed by atoms with E-state index in [1.54, 1.807) is 0 Å². The van der Waals surface area contributed by atoms with Crippen LogP contribution in [0.25, 0.3) is 0 Å². The zero-order valence-corrected chi connectivity index (χ0v) is 12.3. The normalized spacial score (nSPS) is 36.6. The number of piperidine rings is 1. The third-order valence-electron chi connectivity index (χ3n) is 5.38. The number of thiocarbonyl (C=S) groups is 1. The number of carbonyl (C=O) groups excluding carboxylic acids is 1. The van der Waals surface area contributed by atoms with Crippen molar-refractivity contribution in [1.29, 1.82) is 0 Å². The number of rotatable bonds is 3. The second-order valence-electron chi connectivity index (χ2n) is 6.52. The first-order chi connectivity index (χ1) is 9.03. The van der Waals surface area contributed by atoms with Crippen LogP contribution in [-0.2, 0) is 4.79 Å². The molecule has 5 heteroatoms. The Morgan fingerprint density at radius 1 is 1.32 bits per heavy atom. The van der Waals surface area contributed by atoms with Gasteiger partial charge in [-0.3, -0.25) is 4.79 Å². The van der Waals surface area contributed by atoms with Gasteiger partial charge in [-0.25, -0.2) is 0 Å². The van der Waals surface area contributed by atoms with Crippen LogP contribution in [0.3, 0.4) is 0 Å². The molecule has 3 rings (SSSR count). The largest absolute Gasteiger partial charge is 0.391 e. The van der Waals surface area contributed by atoms with Crippen molar-refractivity contribution >= 4 is 23.1 Å². The number of hydrogen-bond acceptors (Lipinski definition) is 3. The summed E-state index contributed by atoms with van der Waals surface area (Å²) in [5, 5.41) is 3.21. The Hall–Kier alpha value is -0.680. The van der Waals surface area contributed by atoms with E-state index in [1.807, 2.05) is 0 Å². The van der Waals surface area contributed by atoms with Crippen molar-refractivity contribution in [2.24, 2.45) is 23.5 Å². The molecule has 0 spiro atoms. The molecule has 1 heterocycles. The highest BCUT2D eigenvalue weighted by molar-refractivity contribution is 7.80. The molecule has 3 fully saturated rings. The maximum absolute atomic E-state index is 12.4. The third kappa shape index (κ3) is 2.27. The van der Waals surface area contributed by atoms with Crippen LogP contribution >= 0.6 is 12.2 Å². The lowest BCUT2D eigenvalue weighted by atomic mass is 9.87. The smallest absolute Gasteiger partial charge is 0.224 e. The molecule has 2 aliphatic carbocycles. The summed E-state index contributed by atoms with van der Waals surface area (Å²) in [6.07, 6.45) is 5.43. The van der Waals surface area contributed by atoms with Crippen molar-refractivity contribution in [1.82, 2.24) is 10.2 Å². The molecule has 0 radical (unpaired) electrons. The van der Waals surface area contributed by atoms with Gasteiger partial charge in [0.15, 0.2) is 0 Å². The molecule has 1 saturated heterocycles. The molecule has 0 aromatic carbocycles. The summed E-state index contributed by atoms with van der Waals surface area (Å²) in [5.74, 6) is 1.75. The van der Waals surface area contributed by atoms with Crippen LogP contribution in [0.4, 0.5) is 0 Å². The number of amides is 1. The van der Waals surface area contributed by atoms with Crippen molar-refractivity contribution in [3.05, 3.63) is 0 Å². The highest BCUT2D eigenvalue weighted by Gasteiger charge is 2.57. The molecule has 3 aliphatic rings. The van der Waals surface area contributed by atoms with Crippen molar-refractivity contribution in [2.75, 3.05) is 20.1 Å². The van der Waals surface area contributed by atoms with Crippen LogP contribution in [-0.4, -0.2) is 41.5 Å². The van der Waals surface area contributed by atoms with Gasteiger partial charge in [-0.2, -0.15) is 0 Å². The molecule has 2 atom stereocenters. The van der Waals surface area contributed by atoms with E-state index in [-0.39, 0.29) is 11.8 Å². The van der Waals surface area contributed by atoms with Gasteiger partial charge in [0.25, 0.3) is 0 Å². The molecule has 2 unspecified atom stereocenters. The van der Waals surface area contributed by atoms with Gasteiger partial charge in [0.1, 0.15) is 0 Å². The van der Waals surface area contributed by atoms with Gasteiger partial charge in [0.05, 0.1) is 10.5 Å². The first-order valence-corrected chi connectivity index (χ1v) is 7.75. The summed E-state index contributed by atoms with van der Waals surface area (Å²) in [5.41, 5.74) is 5.50. The first-order valence-electron chi connectivity index (χ1n) is 7.34. The Morgan fingerprint density at radius 3 is 2.42 bits per heavy atom. The molecule has 106 valence electrons. The van der Waals surface area contributed by atoms with Gasteiger partial charge in [0, 0.05) is 19.0 Å². The predicted molar refractivity (Wildman–Crippen MR) is 78.7 cm³/mol. The lowest BCUT2D eigenvalue weighted by molar-refractivity contribution is -0.124. The zero-order valence-electron chi connectivity index (χ0n) is 11.5. The van der Waals surface area contributed by atoms with Gasteiger partial charge >= 0.3 is 0 Å². The quantitative estimate of drug-likeness (QED) is 0.755. The molecule has 2 saturated carbocycles. The van der Waals surface area contributed by atoms with Crippen LogP contribution in [0.5, 0.6) is 0 Å². The number of nitrogens with two attached hydrogens (primary N) is 1. The number of nitrogens with zero attached hydrogens (tertiary/aromatic N) is 1. The van der Waals surface area contributed by atoms with Crippen LogP contribution < -0.4 is 11.1 Å². The second kappa shape index (κ2) is 4.70. The summed E-state index contributed by atoms with van der Waals surface area (Å²) in [4.78, 5) is 15.2. The van der Waals surface area contributed by atoms with E-state index in [1.165, 1.54) is 19.3 Å². The maximum Gasteiger partial charge on any atom is 0.224 e. The molecule has 0 aromatic rings. The monoisotopic (exact) mass is 281 g/mol. The molecule has 19 heavy (non-hydrogen) atoms. The standard InChI is InChI=1S/C14H23N3OS/c1-17-7-5-14(6-8-17,13(15)19)16-12(18)11-9-3-2-4-10(9)11/h9-11H,2-8H2,1H3,(H2,15,19)(H,16,18). The van der Waals surface area contributed by atoms with Crippen molar-refractivity contribution in [3.63, 3.8) is 0 Å². The molecule has 0 bridgehead atoms. The highest BCUT2D eigenvalue weighted by atomic mass is 32.1. The molecule has 0 aromatic heterocycles. The number of carbonyl (C=O) groups is 1. The maximum atomic E-state index is 12.4. The number of nitrogens with one attached hydrogen (secondary N) is 1. The van der Waals surface area contributed by atoms with Crippen LogP contribution in [0.1, 0.15) is 32.1 Å². The molecule has 4 nitrogen and oxygen atoms in total. The highest BCUT2D eigenvalue weighted by Crippen LogP contribution is 2.57. The summed E-state index contributed by atoms with van der Waals surface area (Å²) in [6, 6.07) is 0. The molecular weight excluding hydrogens is 258 g/mol. The molecule has 3 N–H and O–H groups in total. The first kappa shape index (κ1) is 13.3. The van der Waals surface area contributed by atoms with Gasteiger partial charge in [-0.15, -0.1) is 0 Å². The van der Waals surface area contributed by atoms with Gasteiger partial charge in [-0.1, -0.05) is 18.6 Å². The SMILES string of the molecule is CN1CCC(NC(=O)C2C3CCCC32)(C(N)=S)CC1. The van der Waals surface area contributed by atoms with E-state index in [9.17, 15) is 4.79 Å². The average Bonchev–Trinajstić information content (AvgIpc) is 2.86. The summed E-state index contributed by atoms with van der Waals surface area (Å²) < 4.78 is 0. The van der Waals surface area contributed by atoms with Crippen LogP contribution in [0.2, 0.25) is 0 Å². The van der Waals surface area contributed by atoms with Gasteiger partial charge in [-0.05, 0) is 44.6 Å². The fraction of sp³-hybridized carbons (Fsp3) is 0.857. The number of hydrogen-bond donors (Lipinski definition) is 2. The van der Waals surface area contributed by atoms with E-state index in [0.717, 1.165) is 25.9 Å². The number of fused-ring (bicyclic) bond motifs is 1. The van der Waals surface area contributed by atoms with Crippen molar-refractivity contribution in [2.45, 2.75) is 37.6 Å². The summed E-state index contributed by atoms with van der Waals surface area (Å²) in [7, 11) is 2.09. The van der Waals surface area contributed by atoms with Crippen molar-refractivity contribution < 1.29 is 4.79 Å². The third-order valence-corrected chi connectivity index (χ3v) is 5.77. The Morgan fingerprint density at radius 2 is 1.89 bits per heavy atom. The van der Waals surface area contributed by atoms with Gasteiger partial charge in [0.2, 0.25) is 5.91 Å². The lowest BCUT2D eigenvalue weighted by Gasteiger charge is -2.40.